The van der Waals surface area contributed by atoms with Crippen LogP contribution in [0.2, 0.25) is 0 Å². The van der Waals surface area contributed by atoms with Crippen molar-refractivity contribution in [3.63, 3.8) is 0 Å². The molecule has 0 bridgehead atoms. The van der Waals surface area contributed by atoms with Gasteiger partial charge in [0.2, 0.25) is 0 Å². The molecular formula is C49H76BrO2P. The van der Waals surface area contributed by atoms with Crippen LogP contribution in [-0.2, 0) is 9.47 Å². The van der Waals surface area contributed by atoms with E-state index >= 15 is 0 Å². The maximum atomic E-state index is 6.32. The molecule has 4 heteroatoms. The zero-order valence-electron chi connectivity index (χ0n) is 33.9. The van der Waals surface area contributed by atoms with E-state index in [1.54, 1.807) is 0 Å². The van der Waals surface area contributed by atoms with Crippen molar-refractivity contribution in [2.24, 2.45) is 0 Å². The number of halogens is 1. The number of hydrogen-bond donors (Lipinski definition) is 0. The molecule has 3 rings (SSSR count). The number of benzene rings is 3. The summed E-state index contributed by atoms with van der Waals surface area (Å²) in [6, 6.07) is 33.9. The standard InChI is InChI=1S/C49H76O2P.BrH/c1-3-5-7-9-11-16-20-33-43-50-49(51-44-34-21-17-12-10-8-6-4-2)42-32-19-15-13-14-18-22-35-45-52(46-36-26-23-27-37-46,47-38-28-24-29-39-47)48-40-30-25-31-41-48;/h14,18,23-31,36-41,49H,3-13,15-17,19-22,32-35,42-45H2,1-2H3;1H/q+1;/p-1/b18-14+;. The van der Waals surface area contributed by atoms with Gasteiger partial charge in [0.15, 0.2) is 6.29 Å². The molecular weight excluding hydrogens is 731 g/mol. The molecule has 3 aromatic carbocycles. The van der Waals surface area contributed by atoms with Gasteiger partial charge >= 0.3 is 0 Å². The number of allylic oxidation sites excluding steroid dienone is 2. The second-order valence-corrected chi connectivity index (χ2v) is 18.5. The molecule has 0 aliphatic heterocycles. The van der Waals surface area contributed by atoms with Crippen LogP contribution in [0, 0.1) is 0 Å². The second-order valence-electron chi connectivity index (χ2n) is 14.9. The topological polar surface area (TPSA) is 18.5 Å². The van der Waals surface area contributed by atoms with Crippen molar-refractivity contribution in [3.05, 3.63) is 103 Å². The molecule has 0 fully saturated rings. The van der Waals surface area contributed by atoms with Crippen molar-refractivity contribution in [2.45, 2.75) is 168 Å². The summed E-state index contributed by atoms with van der Waals surface area (Å²) in [5.74, 6) is 0. The van der Waals surface area contributed by atoms with E-state index in [0.29, 0.717) is 0 Å². The lowest BCUT2D eigenvalue weighted by molar-refractivity contribution is -0.148. The first-order valence-electron chi connectivity index (χ1n) is 21.7. The Balaban J connectivity index is 0.00000972. The van der Waals surface area contributed by atoms with Gasteiger partial charge in [-0.15, -0.1) is 0 Å². The van der Waals surface area contributed by atoms with Gasteiger partial charge in [0.05, 0.1) is 6.16 Å². The second kappa shape index (κ2) is 32.5. The SMILES string of the molecule is CCCCCCCCCCOC(CCCCC/C=C/CCC[P+](c1ccccc1)(c1ccccc1)c1ccccc1)OCCCCCCCCCC.[Br-]. The molecule has 0 aliphatic carbocycles. The van der Waals surface area contributed by atoms with Gasteiger partial charge in [-0.3, -0.25) is 0 Å². The Kier molecular flexibility index (Phi) is 29.0. The van der Waals surface area contributed by atoms with Gasteiger partial charge in [-0.2, -0.15) is 0 Å². The van der Waals surface area contributed by atoms with Crippen LogP contribution in [0.3, 0.4) is 0 Å². The summed E-state index contributed by atoms with van der Waals surface area (Å²) in [5, 5.41) is 4.45. The van der Waals surface area contributed by atoms with Crippen LogP contribution in [0.4, 0.5) is 0 Å². The Bertz CT molecular complexity index is 1120. The molecule has 0 N–H and O–H groups in total. The summed E-state index contributed by atoms with van der Waals surface area (Å²) in [6.07, 6.45) is 35.6. The van der Waals surface area contributed by atoms with Crippen molar-refractivity contribution < 1.29 is 26.5 Å². The van der Waals surface area contributed by atoms with E-state index in [-0.39, 0.29) is 23.3 Å². The number of rotatable bonds is 33. The lowest BCUT2D eigenvalue weighted by Crippen LogP contribution is -3.00. The minimum Gasteiger partial charge on any atom is -1.00 e. The first-order valence-corrected chi connectivity index (χ1v) is 23.7. The van der Waals surface area contributed by atoms with Gasteiger partial charge in [-0.25, -0.2) is 0 Å². The largest absolute Gasteiger partial charge is 1.00 e. The highest BCUT2D eigenvalue weighted by molar-refractivity contribution is 7.95. The maximum absolute atomic E-state index is 6.32. The third-order valence-electron chi connectivity index (χ3n) is 10.5. The van der Waals surface area contributed by atoms with Crippen LogP contribution in [-0.4, -0.2) is 25.7 Å². The van der Waals surface area contributed by atoms with Gasteiger partial charge in [0.1, 0.15) is 23.2 Å². The summed E-state index contributed by atoms with van der Waals surface area (Å²) in [7, 11) is -1.73. The number of unbranched alkanes of at least 4 members (excludes halogenated alkanes) is 18. The average molecular weight is 808 g/mol. The van der Waals surface area contributed by atoms with Crippen molar-refractivity contribution in [1.82, 2.24) is 0 Å². The Morgan fingerprint density at radius 3 is 1.21 bits per heavy atom. The van der Waals surface area contributed by atoms with Gasteiger partial charge in [0.25, 0.3) is 0 Å². The first kappa shape index (κ1) is 47.4. The van der Waals surface area contributed by atoms with Crippen LogP contribution in [0.25, 0.3) is 0 Å². The molecule has 53 heavy (non-hydrogen) atoms. The van der Waals surface area contributed by atoms with Crippen molar-refractivity contribution >= 4 is 23.2 Å². The van der Waals surface area contributed by atoms with Crippen molar-refractivity contribution in [3.8, 4) is 0 Å². The smallest absolute Gasteiger partial charge is 0.157 e. The normalized spacial score (nSPS) is 11.8. The fourth-order valence-corrected chi connectivity index (χ4v) is 11.8. The lowest BCUT2D eigenvalue weighted by atomic mass is 10.1. The van der Waals surface area contributed by atoms with E-state index in [2.05, 4.69) is 117 Å². The maximum Gasteiger partial charge on any atom is 0.157 e. The van der Waals surface area contributed by atoms with Gasteiger partial charge in [-0.05, 0) is 87.8 Å². The van der Waals surface area contributed by atoms with E-state index < -0.39 is 7.26 Å². The van der Waals surface area contributed by atoms with Gasteiger partial charge in [0, 0.05) is 13.2 Å². The molecule has 0 radical (unpaired) electrons. The predicted molar refractivity (Wildman–Crippen MR) is 232 cm³/mol. The number of ether oxygens (including phenoxy) is 2. The molecule has 0 atom stereocenters. The van der Waals surface area contributed by atoms with Gasteiger partial charge < -0.3 is 26.5 Å². The molecule has 0 saturated carbocycles. The van der Waals surface area contributed by atoms with Gasteiger partial charge in [-0.1, -0.05) is 177 Å². The lowest BCUT2D eigenvalue weighted by Gasteiger charge is -2.27. The Morgan fingerprint density at radius 2 is 0.792 bits per heavy atom. The molecule has 0 amide bonds. The summed E-state index contributed by atoms with van der Waals surface area (Å²) in [4.78, 5) is 0. The molecule has 2 nitrogen and oxygen atoms in total. The van der Waals surface area contributed by atoms with Crippen LogP contribution in [0.1, 0.15) is 162 Å². The van der Waals surface area contributed by atoms with Crippen LogP contribution >= 0.6 is 7.26 Å². The van der Waals surface area contributed by atoms with Crippen molar-refractivity contribution in [1.29, 1.82) is 0 Å². The van der Waals surface area contributed by atoms with E-state index in [9.17, 15) is 0 Å². The molecule has 0 aromatic heterocycles. The van der Waals surface area contributed by atoms with Crippen LogP contribution in [0.5, 0.6) is 0 Å². The highest BCUT2D eigenvalue weighted by atomic mass is 79.9. The molecule has 0 unspecified atom stereocenters. The van der Waals surface area contributed by atoms with Crippen LogP contribution < -0.4 is 32.9 Å². The highest BCUT2D eigenvalue weighted by Gasteiger charge is 2.44. The molecule has 0 saturated heterocycles. The van der Waals surface area contributed by atoms with Crippen LogP contribution in [0.15, 0.2) is 103 Å². The third-order valence-corrected chi connectivity index (χ3v) is 15.1. The zero-order chi connectivity index (χ0) is 36.6. The van der Waals surface area contributed by atoms with Crippen molar-refractivity contribution in [2.75, 3.05) is 19.4 Å². The summed E-state index contributed by atoms with van der Waals surface area (Å²) < 4.78 is 12.6. The Morgan fingerprint density at radius 1 is 0.434 bits per heavy atom. The minimum atomic E-state index is -1.73. The zero-order valence-corrected chi connectivity index (χ0v) is 36.4. The molecule has 0 heterocycles. The minimum absolute atomic E-state index is 0. The summed E-state index contributed by atoms with van der Waals surface area (Å²) in [6.45, 7) is 6.28. The van der Waals surface area contributed by atoms with E-state index in [1.165, 1.54) is 157 Å². The molecule has 3 aromatic rings. The Hall–Kier alpha value is -1.77. The molecule has 0 aliphatic rings. The van der Waals surface area contributed by atoms with E-state index in [0.717, 1.165) is 26.1 Å². The highest BCUT2D eigenvalue weighted by Crippen LogP contribution is 2.55. The Labute approximate surface area is 338 Å². The summed E-state index contributed by atoms with van der Waals surface area (Å²) in [5.41, 5.74) is 0. The molecule has 296 valence electrons. The average Bonchev–Trinajstić information content (AvgIpc) is 3.19. The summed E-state index contributed by atoms with van der Waals surface area (Å²) >= 11 is 0. The van der Waals surface area contributed by atoms with E-state index in [4.69, 9.17) is 9.47 Å². The monoisotopic (exact) mass is 806 g/mol. The first-order chi connectivity index (χ1) is 25.8. The third kappa shape index (κ3) is 20.1. The quantitative estimate of drug-likeness (QED) is 0.0264. The fraction of sp³-hybridized carbons (Fsp3) is 0.592. The number of hydrogen-bond acceptors (Lipinski definition) is 2. The fourth-order valence-electron chi connectivity index (χ4n) is 7.43. The predicted octanol–water partition coefficient (Wildman–Crippen LogP) is 10.9. The molecule has 0 spiro atoms. The van der Waals surface area contributed by atoms with E-state index in [1.807, 2.05) is 0 Å².